The molecule has 0 amide bonds. The highest BCUT2D eigenvalue weighted by atomic mass is 31.1. The van der Waals surface area contributed by atoms with Gasteiger partial charge in [0.25, 0.3) is 0 Å². The lowest BCUT2D eigenvalue weighted by molar-refractivity contribution is 0.512. The number of nitrogens with one attached hydrogen (secondary N) is 2. The first kappa shape index (κ1) is 10.6. The zero-order valence-electron chi connectivity index (χ0n) is 4.05. The summed E-state index contributed by atoms with van der Waals surface area (Å²) >= 11 is 0. The smallest absolute Gasteiger partial charge is 0.370 e. The predicted octanol–water partition coefficient (Wildman–Crippen LogP) is -0.385. The van der Waals surface area contributed by atoms with Crippen LogP contribution < -0.4 is 10.8 Å². The second kappa shape index (κ2) is 4.75. The quantitative estimate of drug-likeness (QED) is 0.273. The van der Waals surface area contributed by atoms with Crippen LogP contribution >= 0.6 is 17.7 Å². The molecule has 0 spiro atoms. The average Bonchev–Trinajstić information content (AvgIpc) is 1.27. The summed E-state index contributed by atoms with van der Waals surface area (Å²) in [5.74, 6) is -0.559. The molecule has 0 heterocycles. The molecule has 0 rings (SSSR count). The molecule has 0 aromatic carbocycles. The van der Waals surface area contributed by atoms with Gasteiger partial charge in [-0.1, -0.05) is 0 Å². The van der Waals surface area contributed by atoms with Crippen LogP contribution in [-0.4, -0.2) is 5.96 Å². The van der Waals surface area contributed by atoms with Crippen LogP contribution in [0.25, 0.3) is 0 Å². The Balaban J connectivity index is 0. The van der Waals surface area contributed by atoms with Gasteiger partial charge in [0.15, 0.2) is 5.96 Å². The molecular formula is CH7N3O2P2. The molecule has 0 aliphatic rings. The second-order valence-electron chi connectivity index (χ2n) is 0.783. The van der Waals surface area contributed by atoms with E-state index in [1.54, 1.807) is 5.09 Å². The van der Waals surface area contributed by atoms with Gasteiger partial charge in [-0.3, -0.25) is 10.5 Å². The van der Waals surface area contributed by atoms with E-state index in [0.29, 0.717) is 0 Å². The van der Waals surface area contributed by atoms with Gasteiger partial charge in [-0.25, -0.2) is 9.13 Å². The lowest BCUT2D eigenvalue weighted by atomic mass is 11.1. The maximum atomic E-state index is 9.51. The Bertz CT molecular complexity index is 132. The molecule has 5 nitrogen and oxygen atoms in total. The van der Waals surface area contributed by atoms with Crippen molar-refractivity contribution in [2.24, 2.45) is 5.73 Å². The van der Waals surface area contributed by atoms with Crippen molar-refractivity contribution < 1.29 is 9.13 Å². The van der Waals surface area contributed by atoms with E-state index in [9.17, 15) is 9.13 Å². The summed E-state index contributed by atoms with van der Waals surface area (Å²) in [6.07, 6.45) is 0. The minimum absolute atomic E-state index is 0. The Hall–Kier alpha value is -0.400. The first-order valence-corrected chi connectivity index (χ1v) is 2.55. The number of rotatable bonds is 1. The molecule has 1 unspecified atom stereocenters. The average molecular weight is 155 g/mol. The summed E-state index contributed by atoms with van der Waals surface area (Å²) < 4.78 is 19.0. The fourth-order valence-electron chi connectivity index (χ4n) is 0.0983. The van der Waals surface area contributed by atoms with Crippen LogP contribution in [0, 0.1) is 5.41 Å². The van der Waals surface area contributed by atoms with Crippen molar-refractivity contribution in [3.05, 3.63) is 0 Å². The van der Waals surface area contributed by atoms with Crippen LogP contribution in [0.1, 0.15) is 0 Å². The van der Waals surface area contributed by atoms with Gasteiger partial charge in [0.1, 0.15) is 0 Å². The zero-order chi connectivity index (χ0) is 5.86. The highest BCUT2D eigenvalue weighted by molar-refractivity contribution is 7.29. The maximum Gasteiger partial charge on any atom is 0.426 e. The molecule has 0 bridgehead atoms. The first-order chi connectivity index (χ1) is 3.13. The van der Waals surface area contributed by atoms with Crippen LogP contribution in [0.4, 0.5) is 0 Å². The molecule has 0 fully saturated rings. The zero-order valence-corrected chi connectivity index (χ0v) is 6.36. The number of nitrogens with two attached hydrogens (primary N) is 1. The van der Waals surface area contributed by atoms with Gasteiger partial charge in [0.05, 0.1) is 0 Å². The van der Waals surface area contributed by atoms with Crippen LogP contribution in [0.5, 0.6) is 0 Å². The molecule has 4 N–H and O–H groups in total. The molecule has 0 saturated heterocycles. The van der Waals surface area contributed by atoms with Crippen molar-refractivity contribution in [1.82, 2.24) is 5.09 Å². The van der Waals surface area contributed by atoms with Gasteiger partial charge >= 0.3 is 7.83 Å². The van der Waals surface area contributed by atoms with Crippen molar-refractivity contribution in [1.29, 1.82) is 5.41 Å². The molecule has 0 radical (unpaired) electrons. The van der Waals surface area contributed by atoms with Crippen molar-refractivity contribution in [3.63, 3.8) is 0 Å². The summed E-state index contributed by atoms with van der Waals surface area (Å²) in [5, 5.41) is 7.93. The van der Waals surface area contributed by atoms with Gasteiger partial charge in [0.2, 0.25) is 0 Å². The van der Waals surface area contributed by atoms with Crippen LogP contribution in [0.15, 0.2) is 0 Å². The Morgan fingerprint density at radius 1 is 1.62 bits per heavy atom. The van der Waals surface area contributed by atoms with Crippen LogP contribution in [-0.2, 0) is 9.13 Å². The molecule has 0 saturated carbocycles. The van der Waals surface area contributed by atoms with Gasteiger partial charge in [-0.15, -0.1) is 0 Å². The first-order valence-electron chi connectivity index (χ1n) is 1.38. The van der Waals surface area contributed by atoms with Crippen molar-refractivity contribution in [2.75, 3.05) is 0 Å². The molecule has 0 aliphatic heterocycles. The third-order valence-electron chi connectivity index (χ3n) is 0.212. The molecule has 7 heteroatoms. The van der Waals surface area contributed by atoms with Crippen molar-refractivity contribution >= 4 is 23.7 Å². The Labute approximate surface area is 50.0 Å². The second-order valence-corrected chi connectivity index (χ2v) is 1.52. The topological polar surface area (TPSA) is 96.0 Å². The Morgan fingerprint density at radius 3 is 2.00 bits per heavy atom. The van der Waals surface area contributed by atoms with E-state index in [1.165, 1.54) is 0 Å². The Morgan fingerprint density at radius 2 is 2.00 bits per heavy atom. The molecule has 0 aliphatic carbocycles. The molecule has 48 valence electrons. The van der Waals surface area contributed by atoms with Crippen molar-refractivity contribution in [3.8, 4) is 0 Å². The normalized spacial score (nSPS) is 6.50. The number of hydrogen-bond acceptors (Lipinski definition) is 3. The maximum absolute atomic E-state index is 9.51. The minimum atomic E-state index is -2.74. The summed E-state index contributed by atoms with van der Waals surface area (Å²) in [7, 11) is -2.74. The Kier molecular flexibility index (Phi) is 6.27. The molecular weight excluding hydrogens is 148 g/mol. The van der Waals surface area contributed by atoms with E-state index < -0.39 is 13.8 Å². The third-order valence-corrected chi connectivity index (χ3v) is 0.635. The van der Waals surface area contributed by atoms with E-state index in [1.807, 2.05) is 0 Å². The van der Waals surface area contributed by atoms with E-state index in [2.05, 4.69) is 5.73 Å². The largest absolute Gasteiger partial charge is 0.426 e. The third kappa shape index (κ3) is 9.14. The standard InChI is InChI=1S/CH4N3O2P.H3P/c2-1(3)4-7(5)6;/h(H4,2,3,4,5,6);1H3. The molecule has 0 aromatic rings. The van der Waals surface area contributed by atoms with E-state index in [0.717, 1.165) is 0 Å². The van der Waals surface area contributed by atoms with Gasteiger partial charge in [-0.05, 0) is 0 Å². The number of guanidine groups is 1. The lowest BCUT2D eigenvalue weighted by Crippen LogP contribution is -2.22. The van der Waals surface area contributed by atoms with E-state index in [4.69, 9.17) is 5.41 Å². The van der Waals surface area contributed by atoms with Crippen LogP contribution in [0.2, 0.25) is 0 Å². The monoisotopic (exact) mass is 155 g/mol. The fourth-order valence-corrected chi connectivity index (χ4v) is 0.295. The van der Waals surface area contributed by atoms with Crippen molar-refractivity contribution in [2.45, 2.75) is 0 Å². The highest BCUT2D eigenvalue weighted by Gasteiger charge is 1.85. The summed E-state index contributed by atoms with van der Waals surface area (Å²) in [6.45, 7) is 0. The predicted molar refractivity (Wildman–Crippen MR) is 34.4 cm³/mol. The van der Waals surface area contributed by atoms with E-state index in [-0.39, 0.29) is 9.90 Å². The van der Waals surface area contributed by atoms with Gasteiger partial charge in [-0.2, -0.15) is 9.90 Å². The molecule has 0 aromatic heterocycles. The number of hydrogen-bond donors (Lipinski definition) is 3. The van der Waals surface area contributed by atoms with E-state index >= 15 is 0 Å². The minimum Gasteiger partial charge on any atom is -0.370 e. The summed E-state index contributed by atoms with van der Waals surface area (Å²) in [5.41, 5.74) is 4.58. The SMILES string of the molecule is N=C(N)NP(=O)=O.P. The van der Waals surface area contributed by atoms with Gasteiger partial charge < -0.3 is 5.73 Å². The summed E-state index contributed by atoms with van der Waals surface area (Å²) in [6, 6.07) is 0. The van der Waals surface area contributed by atoms with Gasteiger partial charge in [0, 0.05) is 0 Å². The lowest BCUT2D eigenvalue weighted by Gasteiger charge is -1.83. The molecule has 1 atom stereocenters. The summed E-state index contributed by atoms with van der Waals surface area (Å²) in [4.78, 5) is 0. The molecule has 8 heavy (non-hydrogen) atoms. The fraction of sp³-hybridized carbons (Fsp3) is 0. The highest BCUT2D eigenvalue weighted by Crippen LogP contribution is 1.88. The van der Waals surface area contributed by atoms with Crippen LogP contribution in [0.3, 0.4) is 0 Å².